The van der Waals surface area contributed by atoms with Crippen molar-refractivity contribution < 1.29 is 14.3 Å². The van der Waals surface area contributed by atoms with Gasteiger partial charge in [0.25, 0.3) is 0 Å². The molecule has 0 radical (unpaired) electrons. The molecule has 1 atom stereocenters. The van der Waals surface area contributed by atoms with Crippen molar-refractivity contribution in [1.29, 1.82) is 5.26 Å². The third-order valence-electron chi connectivity index (χ3n) is 5.85. The van der Waals surface area contributed by atoms with E-state index in [1.54, 1.807) is 11.1 Å². The van der Waals surface area contributed by atoms with Crippen LogP contribution in [0.15, 0.2) is 54.7 Å². The van der Waals surface area contributed by atoms with E-state index < -0.39 is 0 Å². The predicted molar refractivity (Wildman–Crippen MR) is 131 cm³/mol. The third kappa shape index (κ3) is 5.61. The number of carbonyl (C=O) groups excluding carboxylic acids is 2. The highest BCUT2D eigenvalue weighted by Gasteiger charge is 2.28. The van der Waals surface area contributed by atoms with Gasteiger partial charge in [-0.15, -0.1) is 11.3 Å². The molecule has 3 heterocycles. The molecule has 1 aliphatic heterocycles. The minimum absolute atomic E-state index is 0.0673. The van der Waals surface area contributed by atoms with Gasteiger partial charge in [-0.2, -0.15) is 5.26 Å². The molecule has 0 saturated heterocycles. The summed E-state index contributed by atoms with van der Waals surface area (Å²) in [7, 11) is 0. The summed E-state index contributed by atoms with van der Waals surface area (Å²) in [5.74, 6) is -0.0603. The fraction of sp³-hybridized carbons (Fsp3) is 0.308. The quantitative estimate of drug-likeness (QED) is 0.526. The number of fused-ring (bicyclic) bond motifs is 1. The zero-order valence-electron chi connectivity index (χ0n) is 19.0. The first-order valence-electron chi connectivity index (χ1n) is 11.3. The van der Waals surface area contributed by atoms with Gasteiger partial charge in [0.1, 0.15) is 11.1 Å². The number of ether oxygens (including phenoxy) is 1. The molecule has 1 aliphatic rings. The van der Waals surface area contributed by atoms with E-state index in [0.29, 0.717) is 42.9 Å². The number of nitrogens with zero attached hydrogens (tertiary/aromatic N) is 3. The lowest BCUT2D eigenvalue weighted by Gasteiger charge is -2.26. The number of anilines is 1. The molecule has 1 aromatic carbocycles. The van der Waals surface area contributed by atoms with E-state index in [0.717, 1.165) is 21.7 Å². The second-order valence-electron chi connectivity index (χ2n) is 8.24. The molecule has 1 unspecified atom stereocenters. The first kappa shape index (κ1) is 23.5. The molecular formula is C26H26N4O3S. The van der Waals surface area contributed by atoms with Gasteiger partial charge in [0.2, 0.25) is 5.91 Å². The summed E-state index contributed by atoms with van der Waals surface area (Å²) in [4.78, 5) is 32.0. The van der Waals surface area contributed by atoms with Crippen molar-refractivity contribution in [3.63, 3.8) is 0 Å². The summed E-state index contributed by atoms with van der Waals surface area (Å²) < 4.78 is 5.43. The number of aromatic nitrogens is 1. The molecular weight excluding hydrogens is 448 g/mol. The minimum atomic E-state index is -0.379. The Balaban J connectivity index is 1.35. The second-order valence-corrected chi connectivity index (χ2v) is 9.35. The van der Waals surface area contributed by atoms with Crippen LogP contribution in [0.2, 0.25) is 0 Å². The highest BCUT2D eigenvalue weighted by molar-refractivity contribution is 7.16. The molecule has 2 amide bonds. The lowest BCUT2D eigenvalue weighted by Crippen LogP contribution is -2.36. The van der Waals surface area contributed by atoms with Gasteiger partial charge in [-0.25, -0.2) is 4.79 Å². The van der Waals surface area contributed by atoms with Crippen LogP contribution in [0.5, 0.6) is 0 Å². The van der Waals surface area contributed by atoms with Crippen LogP contribution < -0.4 is 5.32 Å². The second kappa shape index (κ2) is 10.9. The van der Waals surface area contributed by atoms with Crippen LogP contribution in [0.3, 0.4) is 0 Å². The highest BCUT2D eigenvalue weighted by atomic mass is 32.1. The van der Waals surface area contributed by atoms with Crippen molar-refractivity contribution >= 4 is 28.3 Å². The van der Waals surface area contributed by atoms with Gasteiger partial charge in [-0.3, -0.25) is 9.78 Å². The fourth-order valence-corrected chi connectivity index (χ4v) is 5.23. The first-order valence-corrected chi connectivity index (χ1v) is 12.1. The number of rotatable bonds is 7. The Bertz CT molecular complexity index is 1190. The molecule has 2 aromatic heterocycles. The van der Waals surface area contributed by atoms with Crippen LogP contribution >= 0.6 is 11.3 Å². The molecule has 4 rings (SSSR count). The van der Waals surface area contributed by atoms with Gasteiger partial charge in [-0.1, -0.05) is 43.3 Å². The fourth-order valence-electron chi connectivity index (χ4n) is 4.00. The van der Waals surface area contributed by atoms with E-state index in [2.05, 4.69) is 16.4 Å². The molecule has 1 N–H and O–H groups in total. The summed E-state index contributed by atoms with van der Waals surface area (Å²) >= 11 is 1.37. The average Bonchev–Trinajstić information content (AvgIpc) is 3.20. The van der Waals surface area contributed by atoms with E-state index in [1.165, 1.54) is 11.3 Å². The monoisotopic (exact) mass is 474 g/mol. The summed E-state index contributed by atoms with van der Waals surface area (Å²) in [6, 6.07) is 17.8. The van der Waals surface area contributed by atoms with Crippen molar-refractivity contribution in [3.8, 4) is 6.07 Å². The summed E-state index contributed by atoms with van der Waals surface area (Å²) in [6.07, 6.45) is 2.77. The summed E-state index contributed by atoms with van der Waals surface area (Å²) in [6.45, 7) is 3.11. The standard InChI is InChI=1S/C26H26N4O3S/c1-18(19-7-3-2-4-8-19)15-24(31)29-25-22(16-27)21-10-13-30(17-23(21)34-25)26(32)33-14-11-20-9-5-6-12-28-20/h2-9,12,18H,10-11,13-15,17H2,1H3,(H,29,31). The average molecular weight is 475 g/mol. The number of thiophene rings is 1. The van der Waals surface area contributed by atoms with Gasteiger partial charge in [-0.05, 0) is 35.6 Å². The maximum Gasteiger partial charge on any atom is 0.410 e. The van der Waals surface area contributed by atoms with E-state index in [1.807, 2.05) is 55.5 Å². The van der Waals surface area contributed by atoms with Gasteiger partial charge in [0, 0.05) is 36.2 Å². The number of benzene rings is 1. The van der Waals surface area contributed by atoms with Crippen LogP contribution in [-0.4, -0.2) is 35.0 Å². The first-order chi connectivity index (χ1) is 16.5. The highest BCUT2D eigenvalue weighted by Crippen LogP contribution is 2.37. The van der Waals surface area contributed by atoms with Crippen molar-refractivity contribution in [3.05, 3.63) is 82.0 Å². The molecule has 3 aromatic rings. The van der Waals surface area contributed by atoms with Crippen LogP contribution in [0, 0.1) is 11.3 Å². The van der Waals surface area contributed by atoms with Crippen molar-refractivity contribution in [2.75, 3.05) is 18.5 Å². The van der Waals surface area contributed by atoms with E-state index in [9.17, 15) is 14.9 Å². The Hall–Kier alpha value is -3.70. The number of pyridine rings is 1. The van der Waals surface area contributed by atoms with Crippen LogP contribution in [0.25, 0.3) is 0 Å². The molecule has 0 aliphatic carbocycles. The SMILES string of the molecule is CC(CC(=O)Nc1sc2c(c1C#N)CCN(C(=O)OCCc1ccccn1)C2)c1ccccc1. The molecule has 0 saturated carbocycles. The maximum absolute atomic E-state index is 12.7. The van der Waals surface area contributed by atoms with Gasteiger partial charge < -0.3 is 15.0 Å². The molecule has 0 fully saturated rings. The molecule has 7 nitrogen and oxygen atoms in total. The Kier molecular flexibility index (Phi) is 7.55. The van der Waals surface area contributed by atoms with Gasteiger partial charge in [0.05, 0.1) is 18.7 Å². The number of amides is 2. The third-order valence-corrected chi connectivity index (χ3v) is 6.98. The minimum Gasteiger partial charge on any atom is -0.449 e. The zero-order valence-corrected chi connectivity index (χ0v) is 19.8. The van der Waals surface area contributed by atoms with E-state index in [-0.39, 0.29) is 24.5 Å². The smallest absolute Gasteiger partial charge is 0.410 e. The number of hydrogen-bond acceptors (Lipinski definition) is 6. The lowest BCUT2D eigenvalue weighted by molar-refractivity contribution is -0.116. The van der Waals surface area contributed by atoms with Crippen molar-refractivity contribution in [2.24, 2.45) is 0 Å². The van der Waals surface area contributed by atoms with Crippen LogP contribution in [-0.2, 0) is 28.9 Å². The normalized spacial score (nSPS) is 13.5. The number of nitriles is 1. The van der Waals surface area contributed by atoms with Crippen LogP contribution in [0.1, 0.15) is 46.5 Å². The molecule has 174 valence electrons. The molecule has 8 heteroatoms. The topological polar surface area (TPSA) is 95.3 Å². The Morgan fingerprint density at radius 2 is 2.03 bits per heavy atom. The van der Waals surface area contributed by atoms with Crippen molar-refractivity contribution in [1.82, 2.24) is 9.88 Å². The molecule has 0 bridgehead atoms. The number of carbonyl (C=O) groups is 2. The van der Waals surface area contributed by atoms with Crippen molar-refractivity contribution in [2.45, 2.75) is 38.6 Å². The Morgan fingerprint density at radius 1 is 1.24 bits per heavy atom. The maximum atomic E-state index is 12.7. The largest absolute Gasteiger partial charge is 0.449 e. The zero-order chi connectivity index (χ0) is 23.9. The van der Waals surface area contributed by atoms with Gasteiger partial charge in [0.15, 0.2) is 0 Å². The van der Waals surface area contributed by atoms with E-state index >= 15 is 0 Å². The number of nitrogens with one attached hydrogen (secondary N) is 1. The Morgan fingerprint density at radius 3 is 2.76 bits per heavy atom. The molecule has 34 heavy (non-hydrogen) atoms. The predicted octanol–water partition coefficient (Wildman–Crippen LogP) is 4.88. The number of hydrogen-bond donors (Lipinski definition) is 1. The summed E-state index contributed by atoms with van der Waals surface area (Å²) in [5.41, 5.74) is 3.39. The molecule has 0 spiro atoms. The summed E-state index contributed by atoms with van der Waals surface area (Å²) in [5, 5.41) is 13.2. The van der Waals surface area contributed by atoms with E-state index in [4.69, 9.17) is 4.74 Å². The van der Waals surface area contributed by atoms with Gasteiger partial charge >= 0.3 is 6.09 Å². The Labute approximate surface area is 203 Å². The van der Waals surface area contributed by atoms with Crippen LogP contribution in [0.4, 0.5) is 9.80 Å². The lowest BCUT2D eigenvalue weighted by atomic mass is 9.97.